The highest BCUT2D eigenvalue weighted by molar-refractivity contribution is 5.75. The van der Waals surface area contributed by atoms with Crippen LogP contribution >= 0.6 is 0 Å². The Hall–Kier alpha value is -1.31. The van der Waals surface area contributed by atoms with E-state index in [1.54, 1.807) is 0 Å². The Kier molecular flexibility index (Phi) is 8.01. The Morgan fingerprint density at radius 2 is 1.90 bits per heavy atom. The maximum Gasteiger partial charge on any atom is 0.220 e. The van der Waals surface area contributed by atoms with Crippen molar-refractivity contribution >= 4 is 5.91 Å². The van der Waals surface area contributed by atoms with Gasteiger partial charge in [0.25, 0.3) is 0 Å². The van der Waals surface area contributed by atoms with Crippen LogP contribution in [-0.4, -0.2) is 5.91 Å². The predicted molar refractivity (Wildman–Crippen MR) is 85.6 cm³/mol. The van der Waals surface area contributed by atoms with Crippen molar-refractivity contribution < 1.29 is 4.79 Å². The van der Waals surface area contributed by atoms with E-state index in [-0.39, 0.29) is 5.91 Å². The van der Waals surface area contributed by atoms with Gasteiger partial charge in [0.15, 0.2) is 0 Å². The molecule has 2 heteroatoms. The zero-order chi connectivity index (χ0) is 14.8. The SMILES string of the molecule is Cc1cccc(CNC(=O)CCCCCCC(C)C)c1. The Balaban J connectivity index is 2.06. The highest BCUT2D eigenvalue weighted by Crippen LogP contribution is 2.10. The fraction of sp³-hybridized carbons (Fsp3) is 0.611. The molecule has 0 aliphatic rings. The molecule has 0 fully saturated rings. The van der Waals surface area contributed by atoms with Crippen LogP contribution in [0.1, 0.15) is 63.5 Å². The van der Waals surface area contributed by atoms with Crippen molar-refractivity contribution in [1.29, 1.82) is 0 Å². The van der Waals surface area contributed by atoms with Gasteiger partial charge in [0.05, 0.1) is 0 Å². The fourth-order valence-electron chi connectivity index (χ4n) is 2.30. The summed E-state index contributed by atoms with van der Waals surface area (Å²) in [5.74, 6) is 0.975. The third-order valence-electron chi connectivity index (χ3n) is 3.51. The van der Waals surface area contributed by atoms with Crippen LogP contribution in [0, 0.1) is 12.8 Å². The maximum absolute atomic E-state index is 11.7. The molecule has 1 N–H and O–H groups in total. The van der Waals surface area contributed by atoms with Crippen molar-refractivity contribution in [3.05, 3.63) is 35.4 Å². The normalized spacial score (nSPS) is 10.8. The molecule has 0 aromatic heterocycles. The lowest BCUT2D eigenvalue weighted by molar-refractivity contribution is -0.121. The third kappa shape index (κ3) is 7.98. The molecule has 0 saturated heterocycles. The zero-order valence-electron chi connectivity index (χ0n) is 13.2. The van der Waals surface area contributed by atoms with Gasteiger partial charge in [0, 0.05) is 13.0 Å². The number of aryl methyl sites for hydroxylation is 1. The second-order valence-electron chi connectivity index (χ2n) is 6.11. The summed E-state index contributed by atoms with van der Waals surface area (Å²) >= 11 is 0. The molecule has 0 aliphatic carbocycles. The highest BCUT2D eigenvalue weighted by atomic mass is 16.1. The van der Waals surface area contributed by atoms with Gasteiger partial charge >= 0.3 is 0 Å². The van der Waals surface area contributed by atoms with Crippen LogP contribution in [-0.2, 0) is 11.3 Å². The summed E-state index contributed by atoms with van der Waals surface area (Å²) in [7, 11) is 0. The molecule has 0 atom stereocenters. The van der Waals surface area contributed by atoms with Crippen LogP contribution in [0.5, 0.6) is 0 Å². The average Bonchev–Trinajstić information content (AvgIpc) is 2.40. The summed E-state index contributed by atoms with van der Waals surface area (Å²) in [4.78, 5) is 11.7. The zero-order valence-corrected chi connectivity index (χ0v) is 13.2. The van der Waals surface area contributed by atoms with Crippen LogP contribution in [0.15, 0.2) is 24.3 Å². The van der Waals surface area contributed by atoms with E-state index in [2.05, 4.69) is 44.3 Å². The number of carbonyl (C=O) groups is 1. The number of hydrogen-bond donors (Lipinski definition) is 1. The van der Waals surface area contributed by atoms with Crippen molar-refractivity contribution in [2.75, 3.05) is 0 Å². The minimum absolute atomic E-state index is 0.176. The molecule has 1 aromatic rings. The van der Waals surface area contributed by atoms with Crippen molar-refractivity contribution in [1.82, 2.24) is 5.32 Å². The Morgan fingerprint density at radius 3 is 2.60 bits per heavy atom. The van der Waals surface area contributed by atoms with Crippen LogP contribution in [0.2, 0.25) is 0 Å². The summed E-state index contributed by atoms with van der Waals surface area (Å²) in [5, 5.41) is 3.00. The Morgan fingerprint density at radius 1 is 1.15 bits per heavy atom. The lowest BCUT2D eigenvalue weighted by atomic mass is 10.0. The van der Waals surface area contributed by atoms with E-state index in [0.717, 1.165) is 12.3 Å². The van der Waals surface area contributed by atoms with Crippen molar-refractivity contribution in [3.8, 4) is 0 Å². The maximum atomic E-state index is 11.7. The van der Waals surface area contributed by atoms with E-state index in [4.69, 9.17) is 0 Å². The largest absolute Gasteiger partial charge is 0.352 e. The number of carbonyl (C=O) groups excluding carboxylic acids is 1. The number of hydrogen-bond acceptors (Lipinski definition) is 1. The van der Waals surface area contributed by atoms with Gasteiger partial charge in [-0.3, -0.25) is 4.79 Å². The number of rotatable bonds is 9. The first kappa shape index (κ1) is 16.7. The molecule has 0 bridgehead atoms. The van der Waals surface area contributed by atoms with E-state index in [1.165, 1.54) is 36.8 Å². The number of unbranched alkanes of at least 4 members (excludes halogenated alkanes) is 3. The molecule has 20 heavy (non-hydrogen) atoms. The monoisotopic (exact) mass is 275 g/mol. The van der Waals surface area contributed by atoms with Gasteiger partial charge in [-0.1, -0.05) is 69.4 Å². The molecule has 0 heterocycles. The average molecular weight is 275 g/mol. The number of benzene rings is 1. The predicted octanol–water partition coefficient (Wildman–Crippen LogP) is 4.61. The molecule has 0 unspecified atom stereocenters. The molecular formula is C18H29NO. The molecule has 112 valence electrons. The van der Waals surface area contributed by atoms with Crippen molar-refractivity contribution in [2.45, 2.75) is 65.8 Å². The van der Waals surface area contributed by atoms with Crippen LogP contribution < -0.4 is 5.32 Å². The minimum atomic E-state index is 0.176. The van der Waals surface area contributed by atoms with Crippen molar-refractivity contribution in [3.63, 3.8) is 0 Å². The molecule has 0 saturated carbocycles. The lowest BCUT2D eigenvalue weighted by Gasteiger charge is -2.07. The molecular weight excluding hydrogens is 246 g/mol. The van der Waals surface area contributed by atoms with Crippen LogP contribution in [0.25, 0.3) is 0 Å². The highest BCUT2D eigenvalue weighted by Gasteiger charge is 2.02. The summed E-state index contributed by atoms with van der Waals surface area (Å²) in [5.41, 5.74) is 2.41. The van der Waals surface area contributed by atoms with E-state index >= 15 is 0 Å². The van der Waals surface area contributed by atoms with Crippen LogP contribution in [0.3, 0.4) is 0 Å². The Labute approximate surface area is 124 Å². The molecule has 1 rings (SSSR count). The molecule has 0 spiro atoms. The lowest BCUT2D eigenvalue weighted by Crippen LogP contribution is -2.22. The Bertz CT molecular complexity index is 398. The first-order valence-corrected chi connectivity index (χ1v) is 7.90. The topological polar surface area (TPSA) is 29.1 Å². The van der Waals surface area contributed by atoms with Gasteiger partial charge in [-0.25, -0.2) is 0 Å². The number of nitrogens with one attached hydrogen (secondary N) is 1. The number of amides is 1. The summed E-state index contributed by atoms with van der Waals surface area (Å²) in [6, 6.07) is 8.28. The molecule has 1 aromatic carbocycles. The smallest absolute Gasteiger partial charge is 0.220 e. The summed E-state index contributed by atoms with van der Waals surface area (Å²) in [6.07, 6.45) is 6.70. The summed E-state index contributed by atoms with van der Waals surface area (Å²) < 4.78 is 0. The molecule has 0 radical (unpaired) electrons. The quantitative estimate of drug-likeness (QED) is 0.655. The van der Waals surface area contributed by atoms with Crippen LogP contribution in [0.4, 0.5) is 0 Å². The summed E-state index contributed by atoms with van der Waals surface area (Å²) in [6.45, 7) is 7.24. The fourth-order valence-corrected chi connectivity index (χ4v) is 2.30. The second kappa shape index (κ2) is 9.57. The third-order valence-corrected chi connectivity index (χ3v) is 3.51. The molecule has 1 amide bonds. The van der Waals surface area contributed by atoms with E-state index in [1.807, 2.05) is 6.07 Å². The van der Waals surface area contributed by atoms with E-state index in [0.29, 0.717) is 13.0 Å². The van der Waals surface area contributed by atoms with Gasteiger partial charge in [0.2, 0.25) is 5.91 Å². The molecule has 2 nitrogen and oxygen atoms in total. The van der Waals surface area contributed by atoms with E-state index in [9.17, 15) is 4.79 Å². The first-order valence-electron chi connectivity index (χ1n) is 7.90. The van der Waals surface area contributed by atoms with Gasteiger partial charge in [-0.05, 0) is 24.8 Å². The van der Waals surface area contributed by atoms with Gasteiger partial charge in [0.1, 0.15) is 0 Å². The minimum Gasteiger partial charge on any atom is -0.352 e. The van der Waals surface area contributed by atoms with E-state index < -0.39 is 0 Å². The molecule has 0 aliphatic heterocycles. The van der Waals surface area contributed by atoms with Crippen molar-refractivity contribution in [2.24, 2.45) is 5.92 Å². The first-order chi connectivity index (χ1) is 9.58. The van der Waals surface area contributed by atoms with Gasteiger partial charge in [-0.15, -0.1) is 0 Å². The standard InChI is InChI=1S/C18H29NO/c1-15(2)9-6-4-5-7-12-18(20)19-14-17-11-8-10-16(3)13-17/h8,10-11,13,15H,4-7,9,12,14H2,1-3H3,(H,19,20). The van der Waals surface area contributed by atoms with Gasteiger partial charge < -0.3 is 5.32 Å². The second-order valence-corrected chi connectivity index (χ2v) is 6.11. The van der Waals surface area contributed by atoms with Gasteiger partial charge in [-0.2, -0.15) is 0 Å².